The quantitative estimate of drug-likeness (QED) is 0.764. The Bertz CT molecular complexity index is 731. The Morgan fingerprint density at radius 1 is 1.00 bits per heavy atom. The molecule has 1 fully saturated rings. The van der Waals surface area contributed by atoms with Crippen LogP contribution in [0.25, 0.3) is 0 Å². The van der Waals surface area contributed by atoms with E-state index in [0.29, 0.717) is 13.2 Å². The highest BCUT2D eigenvalue weighted by Crippen LogP contribution is 2.21. The van der Waals surface area contributed by atoms with Crippen LogP contribution in [0, 0.1) is 13.8 Å². The van der Waals surface area contributed by atoms with Gasteiger partial charge < -0.3 is 19.5 Å². The first kappa shape index (κ1) is 22.3. The second-order valence-electron chi connectivity index (χ2n) is 7.22. The number of rotatable bonds is 7. The molecule has 0 aromatic heterocycles. The molecule has 3 rings (SSSR count). The zero-order valence-corrected chi connectivity index (χ0v) is 17.7. The predicted octanol–water partition coefficient (Wildman–Crippen LogP) is 3.30. The van der Waals surface area contributed by atoms with Crippen LogP contribution in [0.5, 0.6) is 11.5 Å². The smallest absolute Gasteiger partial charge is 0.122 e. The van der Waals surface area contributed by atoms with E-state index in [0.717, 1.165) is 43.2 Å². The molecule has 1 N–H and O–H groups in total. The zero-order chi connectivity index (χ0) is 19.2. The van der Waals surface area contributed by atoms with Gasteiger partial charge in [-0.25, -0.2) is 0 Å². The molecule has 0 amide bonds. The van der Waals surface area contributed by atoms with Gasteiger partial charge in [-0.15, -0.1) is 12.4 Å². The molecular formula is C22H31ClN2O3. The molecule has 1 unspecified atom stereocenters. The fraction of sp³-hybridized carbons (Fsp3) is 0.455. The number of ether oxygens (including phenoxy) is 2. The van der Waals surface area contributed by atoms with Gasteiger partial charge in [0.1, 0.15) is 24.2 Å². The van der Waals surface area contributed by atoms with Crippen LogP contribution < -0.4 is 14.4 Å². The Morgan fingerprint density at radius 3 is 2.29 bits per heavy atom. The molecule has 1 aliphatic heterocycles. The average Bonchev–Trinajstić information content (AvgIpc) is 2.68. The molecule has 6 heteroatoms. The summed E-state index contributed by atoms with van der Waals surface area (Å²) in [6.07, 6.45) is -0.488. The van der Waals surface area contributed by atoms with Crippen molar-refractivity contribution in [3.63, 3.8) is 0 Å². The van der Waals surface area contributed by atoms with E-state index in [1.807, 2.05) is 31.2 Å². The van der Waals surface area contributed by atoms with Crippen LogP contribution in [0.4, 0.5) is 5.69 Å². The van der Waals surface area contributed by atoms with Crippen LogP contribution in [0.1, 0.15) is 11.1 Å². The SMILES string of the molecule is COc1ccc(N2CCN(CC(O)COc3ccc(C)cc3C)CC2)cc1.Cl. The van der Waals surface area contributed by atoms with Gasteiger partial charge in [-0.1, -0.05) is 17.7 Å². The summed E-state index contributed by atoms with van der Waals surface area (Å²) in [4.78, 5) is 4.67. The molecule has 0 spiro atoms. The van der Waals surface area contributed by atoms with Crippen molar-refractivity contribution in [2.45, 2.75) is 20.0 Å². The van der Waals surface area contributed by atoms with Gasteiger partial charge in [-0.05, 0) is 49.7 Å². The van der Waals surface area contributed by atoms with Gasteiger partial charge in [0, 0.05) is 38.4 Å². The largest absolute Gasteiger partial charge is 0.497 e. The summed E-state index contributed by atoms with van der Waals surface area (Å²) in [6.45, 7) is 8.85. The highest BCUT2D eigenvalue weighted by molar-refractivity contribution is 5.85. The third-order valence-corrected chi connectivity index (χ3v) is 5.04. The molecule has 1 heterocycles. The number of piperazine rings is 1. The number of methoxy groups -OCH3 is 1. The minimum atomic E-state index is -0.488. The second-order valence-corrected chi connectivity index (χ2v) is 7.22. The Labute approximate surface area is 174 Å². The maximum atomic E-state index is 10.4. The lowest BCUT2D eigenvalue weighted by Crippen LogP contribution is -2.49. The third kappa shape index (κ3) is 6.03. The van der Waals surface area contributed by atoms with E-state index < -0.39 is 6.10 Å². The number of β-amino-alcohol motifs (C(OH)–C–C–N with tert-alkyl or cyclic N) is 1. The van der Waals surface area contributed by atoms with E-state index in [1.54, 1.807) is 7.11 Å². The monoisotopic (exact) mass is 406 g/mol. The lowest BCUT2D eigenvalue weighted by molar-refractivity contribution is 0.0661. The molecule has 5 nitrogen and oxygen atoms in total. The van der Waals surface area contributed by atoms with E-state index in [2.05, 4.69) is 34.9 Å². The number of nitrogens with zero attached hydrogens (tertiary/aromatic N) is 2. The van der Waals surface area contributed by atoms with Gasteiger partial charge in [0.15, 0.2) is 0 Å². The van der Waals surface area contributed by atoms with Crippen molar-refractivity contribution >= 4 is 18.1 Å². The van der Waals surface area contributed by atoms with E-state index in [9.17, 15) is 5.11 Å². The number of anilines is 1. The van der Waals surface area contributed by atoms with Crippen LogP contribution in [-0.2, 0) is 0 Å². The fourth-order valence-electron chi connectivity index (χ4n) is 3.48. The predicted molar refractivity (Wildman–Crippen MR) is 116 cm³/mol. The second kappa shape index (κ2) is 10.6. The van der Waals surface area contributed by atoms with Gasteiger partial charge in [0.25, 0.3) is 0 Å². The minimum Gasteiger partial charge on any atom is -0.497 e. The summed E-state index contributed by atoms with van der Waals surface area (Å²) in [5.74, 6) is 1.73. The highest BCUT2D eigenvalue weighted by Gasteiger charge is 2.20. The molecule has 0 radical (unpaired) electrons. The normalized spacial score (nSPS) is 15.6. The number of halogens is 1. The molecular weight excluding hydrogens is 376 g/mol. The number of aliphatic hydroxyl groups is 1. The van der Waals surface area contributed by atoms with Crippen LogP contribution in [0.15, 0.2) is 42.5 Å². The maximum absolute atomic E-state index is 10.4. The summed E-state index contributed by atoms with van der Waals surface area (Å²) >= 11 is 0. The lowest BCUT2D eigenvalue weighted by atomic mass is 10.1. The van der Waals surface area contributed by atoms with Crippen molar-refractivity contribution < 1.29 is 14.6 Å². The number of aliphatic hydroxyl groups excluding tert-OH is 1. The van der Waals surface area contributed by atoms with Crippen molar-refractivity contribution in [2.24, 2.45) is 0 Å². The lowest BCUT2D eigenvalue weighted by Gasteiger charge is -2.36. The van der Waals surface area contributed by atoms with Crippen molar-refractivity contribution in [1.29, 1.82) is 0 Å². The summed E-state index contributed by atoms with van der Waals surface area (Å²) < 4.78 is 11.0. The number of benzene rings is 2. The van der Waals surface area contributed by atoms with Gasteiger partial charge in [-0.3, -0.25) is 4.90 Å². The van der Waals surface area contributed by atoms with E-state index >= 15 is 0 Å². The Hall–Kier alpha value is -1.95. The number of hydrogen-bond donors (Lipinski definition) is 1. The topological polar surface area (TPSA) is 45.2 Å². The van der Waals surface area contributed by atoms with E-state index in [1.165, 1.54) is 11.3 Å². The summed E-state index contributed by atoms with van der Waals surface area (Å²) in [5.41, 5.74) is 3.54. The van der Waals surface area contributed by atoms with Crippen molar-refractivity contribution in [3.8, 4) is 11.5 Å². The highest BCUT2D eigenvalue weighted by atomic mass is 35.5. The maximum Gasteiger partial charge on any atom is 0.122 e. The standard InChI is InChI=1S/C22H30N2O3.ClH/c1-17-4-9-22(18(2)14-17)27-16-20(25)15-23-10-12-24(13-11-23)19-5-7-21(26-3)8-6-19;/h4-9,14,20,25H,10-13,15-16H2,1-3H3;1H. The van der Waals surface area contributed by atoms with Crippen molar-refractivity contribution in [3.05, 3.63) is 53.6 Å². The Kier molecular flexibility index (Phi) is 8.42. The average molecular weight is 407 g/mol. The van der Waals surface area contributed by atoms with Crippen LogP contribution in [0.2, 0.25) is 0 Å². The molecule has 0 aliphatic carbocycles. The molecule has 2 aromatic rings. The Balaban J connectivity index is 0.00000280. The van der Waals surface area contributed by atoms with Gasteiger partial charge in [0.2, 0.25) is 0 Å². The zero-order valence-electron chi connectivity index (χ0n) is 16.9. The molecule has 0 bridgehead atoms. The summed E-state index contributed by atoms with van der Waals surface area (Å²) in [5, 5.41) is 10.4. The van der Waals surface area contributed by atoms with Gasteiger partial charge in [0.05, 0.1) is 7.11 Å². The molecule has 154 valence electrons. The first-order valence-corrected chi connectivity index (χ1v) is 9.54. The minimum absolute atomic E-state index is 0. The van der Waals surface area contributed by atoms with E-state index in [-0.39, 0.29) is 12.4 Å². The van der Waals surface area contributed by atoms with Gasteiger partial charge in [-0.2, -0.15) is 0 Å². The molecule has 1 atom stereocenters. The first-order chi connectivity index (χ1) is 13.0. The van der Waals surface area contributed by atoms with Crippen LogP contribution in [-0.4, -0.2) is 62.6 Å². The number of aryl methyl sites for hydroxylation is 2. The van der Waals surface area contributed by atoms with Crippen molar-refractivity contribution in [1.82, 2.24) is 4.90 Å². The first-order valence-electron chi connectivity index (χ1n) is 9.54. The third-order valence-electron chi connectivity index (χ3n) is 5.04. The summed E-state index contributed by atoms with van der Waals surface area (Å²) in [6, 6.07) is 14.3. The van der Waals surface area contributed by atoms with Crippen LogP contribution in [0.3, 0.4) is 0 Å². The molecule has 0 saturated carbocycles. The Morgan fingerprint density at radius 2 is 1.68 bits per heavy atom. The number of hydrogen-bond acceptors (Lipinski definition) is 5. The van der Waals surface area contributed by atoms with Crippen LogP contribution >= 0.6 is 12.4 Å². The van der Waals surface area contributed by atoms with E-state index in [4.69, 9.17) is 9.47 Å². The molecule has 28 heavy (non-hydrogen) atoms. The summed E-state index contributed by atoms with van der Waals surface area (Å²) in [7, 11) is 1.68. The molecule has 1 aliphatic rings. The molecule has 1 saturated heterocycles. The van der Waals surface area contributed by atoms with Crippen molar-refractivity contribution in [2.75, 3.05) is 51.3 Å². The molecule has 2 aromatic carbocycles. The van der Waals surface area contributed by atoms with Gasteiger partial charge >= 0.3 is 0 Å². The fourth-order valence-corrected chi connectivity index (χ4v) is 3.48.